The molecule has 4 rings (SSSR count). The first kappa shape index (κ1) is 17.2. The Hall–Kier alpha value is -1.25. The first-order chi connectivity index (χ1) is 11.7. The second-order valence-corrected chi connectivity index (χ2v) is 9.54. The van der Waals surface area contributed by atoms with E-state index < -0.39 is 6.17 Å². The Morgan fingerprint density at radius 1 is 1.24 bits per heavy atom. The molecule has 0 bridgehead atoms. The van der Waals surface area contributed by atoms with Gasteiger partial charge in [-0.1, -0.05) is 26.8 Å². The number of hydrogen-bond acceptors (Lipinski definition) is 2. The molecule has 136 valence electrons. The molecule has 0 aromatic rings. The highest BCUT2D eigenvalue weighted by molar-refractivity contribution is 6.01. The molecule has 4 aliphatic carbocycles. The number of carbonyl (C=O) groups is 2. The van der Waals surface area contributed by atoms with Crippen LogP contribution in [0.25, 0.3) is 0 Å². The van der Waals surface area contributed by atoms with Crippen molar-refractivity contribution < 1.29 is 14.0 Å². The summed E-state index contributed by atoms with van der Waals surface area (Å²) in [5.74, 6) is 1.82. The highest BCUT2D eigenvalue weighted by Crippen LogP contribution is 2.67. The lowest BCUT2D eigenvalue weighted by atomic mass is 9.47. The van der Waals surface area contributed by atoms with Crippen LogP contribution in [0.15, 0.2) is 23.8 Å². The zero-order valence-electron chi connectivity index (χ0n) is 15.7. The van der Waals surface area contributed by atoms with Crippen molar-refractivity contribution in [3.63, 3.8) is 0 Å². The molecule has 0 N–H and O–H groups in total. The van der Waals surface area contributed by atoms with E-state index in [9.17, 15) is 9.59 Å². The van der Waals surface area contributed by atoms with Crippen molar-refractivity contribution in [3.8, 4) is 0 Å². The second kappa shape index (κ2) is 5.37. The lowest BCUT2D eigenvalue weighted by Crippen LogP contribution is -2.52. The summed E-state index contributed by atoms with van der Waals surface area (Å²) in [7, 11) is 0. The van der Waals surface area contributed by atoms with Gasteiger partial charge in [0.2, 0.25) is 0 Å². The molecular weight excluding hydrogens is 315 g/mol. The van der Waals surface area contributed by atoms with E-state index in [0.717, 1.165) is 19.3 Å². The summed E-state index contributed by atoms with van der Waals surface area (Å²) in [4.78, 5) is 24.1. The number of carbonyl (C=O) groups excluding carboxylic acids is 2. The fourth-order valence-electron chi connectivity index (χ4n) is 7.43. The van der Waals surface area contributed by atoms with Crippen molar-refractivity contribution in [2.24, 2.45) is 40.4 Å². The first-order valence-electron chi connectivity index (χ1n) is 9.78. The number of hydrogen-bond donors (Lipinski definition) is 0. The summed E-state index contributed by atoms with van der Waals surface area (Å²) in [5.41, 5.74) is 0.367. The van der Waals surface area contributed by atoms with Crippen molar-refractivity contribution in [3.05, 3.63) is 23.8 Å². The minimum absolute atomic E-state index is 0.0118. The van der Waals surface area contributed by atoms with E-state index in [1.54, 1.807) is 19.1 Å². The fraction of sp³-hybridized carbons (Fsp3) is 0.727. The van der Waals surface area contributed by atoms with Gasteiger partial charge in [-0.15, -0.1) is 0 Å². The molecule has 2 nitrogen and oxygen atoms in total. The molecule has 0 spiro atoms. The van der Waals surface area contributed by atoms with Crippen molar-refractivity contribution in [2.75, 3.05) is 0 Å². The Kier molecular flexibility index (Phi) is 3.69. The Morgan fingerprint density at radius 2 is 1.96 bits per heavy atom. The van der Waals surface area contributed by atoms with E-state index in [2.05, 4.69) is 20.8 Å². The van der Waals surface area contributed by atoms with Gasteiger partial charge in [-0.2, -0.15) is 0 Å². The van der Waals surface area contributed by atoms with E-state index in [4.69, 9.17) is 0 Å². The zero-order valence-corrected chi connectivity index (χ0v) is 15.7. The van der Waals surface area contributed by atoms with Crippen LogP contribution >= 0.6 is 0 Å². The third-order valence-electron chi connectivity index (χ3n) is 8.32. The maximum absolute atomic E-state index is 15.1. The maximum Gasteiger partial charge on any atom is 0.178 e. The SMILES string of the molecule is CC(=O)[C@H]1[C@H](C)C[C@H]2[C@@H]3CC(F)C4=CC(=O)C=C[C@]4(C)[C@H]3CC[C@@]21C. The number of Topliss-reactive ketones (excluding diaryl/α,β-unsaturated/α-hetero) is 1. The second-order valence-electron chi connectivity index (χ2n) is 9.54. The smallest absolute Gasteiger partial charge is 0.178 e. The largest absolute Gasteiger partial charge is 0.300 e. The van der Waals surface area contributed by atoms with E-state index in [1.807, 2.05) is 6.08 Å². The van der Waals surface area contributed by atoms with Gasteiger partial charge in [0.1, 0.15) is 12.0 Å². The minimum Gasteiger partial charge on any atom is -0.300 e. The van der Waals surface area contributed by atoms with Gasteiger partial charge in [0.25, 0.3) is 0 Å². The summed E-state index contributed by atoms with van der Waals surface area (Å²) in [6, 6.07) is 0. The average Bonchev–Trinajstić information content (AvgIpc) is 2.80. The number of fused-ring (bicyclic) bond motifs is 5. The van der Waals surface area contributed by atoms with Crippen molar-refractivity contribution in [1.29, 1.82) is 0 Å². The molecule has 0 aromatic carbocycles. The molecule has 0 saturated heterocycles. The topological polar surface area (TPSA) is 34.1 Å². The molecule has 0 amide bonds. The summed E-state index contributed by atoms with van der Waals surface area (Å²) < 4.78 is 15.1. The number of allylic oxidation sites excluding steroid dienone is 4. The van der Waals surface area contributed by atoms with Crippen molar-refractivity contribution in [1.82, 2.24) is 0 Å². The highest BCUT2D eigenvalue weighted by atomic mass is 19.1. The molecule has 3 heteroatoms. The van der Waals surface area contributed by atoms with Crippen LogP contribution in [0.1, 0.15) is 53.4 Å². The Bertz CT molecular complexity index is 692. The summed E-state index contributed by atoms with van der Waals surface area (Å²) in [6.45, 7) is 8.34. The Balaban J connectivity index is 1.74. The van der Waals surface area contributed by atoms with E-state index in [1.165, 1.54) is 0 Å². The molecule has 0 heterocycles. The zero-order chi connectivity index (χ0) is 18.1. The van der Waals surface area contributed by atoms with Crippen LogP contribution in [0.3, 0.4) is 0 Å². The van der Waals surface area contributed by atoms with Gasteiger partial charge in [0, 0.05) is 11.3 Å². The standard InChI is InChI=1S/C22H29FO2/c1-12-9-17-15-11-19(23)18-10-14(25)5-7-21(18,3)16(15)6-8-22(17,4)20(12)13(2)24/h5,7,10,12,15-17,19-20H,6,8-9,11H2,1-4H3/t12-,15-,16+,17+,19?,20-,21-,22+/m1/s1. The molecule has 1 unspecified atom stereocenters. The lowest BCUT2D eigenvalue weighted by molar-refractivity contribution is -0.129. The van der Waals surface area contributed by atoms with E-state index in [-0.39, 0.29) is 22.5 Å². The monoisotopic (exact) mass is 344 g/mol. The normalized spacial score (nSPS) is 51.4. The summed E-state index contributed by atoms with van der Waals surface area (Å²) in [5, 5.41) is 0. The maximum atomic E-state index is 15.1. The average molecular weight is 344 g/mol. The van der Waals surface area contributed by atoms with Crippen LogP contribution in [0.4, 0.5) is 4.39 Å². The van der Waals surface area contributed by atoms with Gasteiger partial charge in [-0.3, -0.25) is 9.59 Å². The molecule has 3 fully saturated rings. The molecule has 0 aliphatic heterocycles. The predicted molar refractivity (Wildman–Crippen MR) is 95.6 cm³/mol. The molecule has 0 radical (unpaired) electrons. The number of ketones is 2. The van der Waals surface area contributed by atoms with Crippen LogP contribution < -0.4 is 0 Å². The molecule has 25 heavy (non-hydrogen) atoms. The van der Waals surface area contributed by atoms with Crippen LogP contribution in [-0.2, 0) is 9.59 Å². The van der Waals surface area contributed by atoms with Gasteiger partial charge in [0.15, 0.2) is 5.78 Å². The molecule has 0 aromatic heterocycles. The predicted octanol–water partition coefficient (Wildman–Crippen LogP) is 4.69. The van der Waals surface area contributed by atoms with Crippen molar-refractivity contribution >= 4 is 11.6 Å². The van der Waals surface area contributed by atoms with Crippen LogP contribution in [0.2, 0.25) is 0 Å². The van der Waals surface area contributed by atoms with Crippen molar-refractivity contribution in [2.45, 2.75) is 59.5 Å². The van der Waals surface area contributed by atoms with E-state index >= 15 is 4.39 Å². The quantitative estimate of drug-likeness (QED) is 0.691. The van der Waals surface area contributed by atoms with Gasteiger partial charge in [-0.25, -0.2) is 4.39 Å². The number of alkyl halides is 1. The third-order valence-corrected chi connectivity index (χ3v) is 8.32. The van der Waals surface area contributed by atoms with Crippen LogP contribution in [0, 0.1) is 40.4 Å². The minimum atomic E-state index is -1.03. The van der Waals surface area contributed by atoms with Gasteiger partial charge in [-0.05, 0) is 79.4 Å². The van der Waals surface area contributed by atoms with Gasteiger partial charge >= 0.3 is 0 Å². The van der Waals surface area contributed by atoms with Crippen LogP contribution in [-0.4, -0.2) is 17.7 Å². The first-order valence-corrected chi connectivity index (χ1v) is 9.78. The molecule has 3 saturated carbocycles. The molecular formula is C22H29FO2. The van der Waals surface area contributed by atoms with E-state index in [0.29, 0.717) is 41.4 Å². The highest BCUT2D eigenvalue weighted by Gasteiger charge is 2.62. The lowest BCUT2D eigenvalue weighted by Gasteiger charge is -2.57. The summed E-state index contributed by atoms with van der Waals surface area (Å²) in [6.07, 6.45) is 7.72. The molecule has 4 aliphatic rings. The molecule has 8 atom stereocenters. The van der Waals surface area contributed by atoms with Gasteiger partial charge in [0.05, 0.1) is 0 Å². The summed E-state index contributed by atoms with van der Waals surface area (Å²) >= 11 is 0. The Labute approximate surface area is 149 Å². The van der Waals surface area contributed by atoms with Gasteiger partial charge < -0.3 is 0 Å². The Morgan fingerprint density at radius 3 is 2.64 bits per heavy atom. The third kappa shape index (κ3) is 2.20. The fourth-order valence-corrected chi connectivity index (χ4v) is 7.43. The van der Waals surface area contributed by atoms with Crippen LogP contribution in [0.5, 0.6) is 0 Å². The number of rotatable bonds is 1. The number of halogens is 1.